The van der Waals surface area contributed by atoms with Gasteiger partial charge in [0.1, 0.15) is 6.04 Å². The molecule has 3 N–H and O–H groups in total. The second-order valence-corrected chi connectivity index (χ2v) is 6.58. The molecule has 0 aliphatic heterocycles. The smallest absolute Gasteiger partial charge is 0.308 e. The maximum atomic E-state index is 12.4. The minimum absolute atomic E-state index is 0.0610. The number of nitrogens with one attached hydrogen (secondary N) is 2. The molecule has 6 nitrogen and oxygen atoms in total. The van der Waals surface area contributed by atoms with Crippen molar-refractivity contribution in [3.05, 3.63) is 35.4 Å². The Morgan fingerprint density at radius 2 is 1.80 bits per heavy atom. The molecule has 138 valence electrons. The third kappa shape index (κ3) is 6.21. The van der Waals surface area contributed by atoms with Crippen LogP contribution in [0.1, 0.15) is 49.5 Å². The number of carbonyl (C=O) groups is 3. The minimum atomic E-state index is -0.924. The van der Waals surface area contributed by atoms with Crippen LogP contribution in [0.2, 0.25) is 0 Å². The van der Waals surface area contributed by atoms with E-state index in [1.54, 1.807) is 12.1 Å². The summed E-state index contributed by atoms with van der Waals surface area (Å²) in [6.07, 6.45) is 1.22. The number of benzene rings is 1. The van der Waals surface area contributed by atoms with Crippen LogP contribution < -0.4 is 10.6 Å². The fourth-order valence-electron chi connectivity index (χ4n) is 2.58. The van der Waals surface area contributed by atoms with Gasteiger partial charge in [0.05, 0.1) is 5.92 Å². The van der Waals surface area contributed by atoms with E-state index in [0.717, 1.165) is 12.0 Å². The Balaban J connectivity index is 2.76. The number of carboxylic acids is 1. The largest absolute Gasteiger partial charge is 0.481 e. The van der Waals surface area contributed by atoms with Crippen molar-refractivity contribution in [1.29, 1.82) is 0 Å². The van der Waals surface area contributed by atoms with Gasteiger partial charge in [0, 0.05) is 12.1 Å². The van der Waals surface area contributed by atoms with Gasteiger partial charge in [-0.2, -0.15) is 0 Å². The average Bonchev–Trinajstić information content (AvgIpc) is 2.55. The molecule has 0 aromatic heterocycles. The van der Waals surface area contributed by atoms with Gasteiger partial charge < -0.3 is 15.7 Å². The molecule has 0 aliphatic rings. The third-order valence-electron chi connectivity index (χ3n) is 4.13. The molecule has 1 aromatic rings. The van der Waals surface area contributed by atoms with Gasteiger partial charge in [-0.25, -0.2) is 0 Å². The second-order valence-electron chi connectivity index (χ2n) is 6.58. The lowest BCUT2D eigenvalue weighted by molar-refractivity contribution is -0.142. The first-order valence-corrected chi connectivity index (χ1v) is 8.64. The molecule has 0 aliphatic carbocycles. The Kier molecular flexibility index (Phi) is 8.11. The van der Waals surface area contributed by atoms with E-state index < -0.39 is 17.9 Å². The molecule has 0 fully saturated rings. The zero-order chi connectivity index (χ0) is 19.0. The number of hydrogen-bond acceptors (Lipinski definition) is 3. The molecular weight excluding hydrogens is 320 g/mol. The van der Waals surface area contributed by atoms with Crippen molar-refractivity contribution in [2.24, 2.45) is 11.8 Å². The lowest BCUT2D eigenvalue weighted by Crippen LogP contribution is -2.51. The van der Waals surface area contributed by atoms with Gasteiger partial charge in [-0.1, -0.05) is 45.4 Å². The SMILES string of the molecule is CCCC(CNC(=O)C(NC(=O)c1ccccc1C)C(C)C)C(=O)O. The van der Waals surface area contributed by atoms with Crippen LogP contribution in [0.25, 0.3) is 0 Å². The molecule has 0 heterocycles. The molecule has 6 heteroatoms. The van der Waals surface area contributed by atoms with Gasteiger partial charge in [0.25, 0.3) is 5.91 Å². The van der Waals surface area contributed by atoms with Crippen LogP contribution in [0, 0.1) is 18.8 Å². The van der Waals surface area contributed by atoms with Gasteiger partial charge in [-0.05, 0) is 30.9 Å². The van der Waals surface area contributed by atoms with Crippen molar-refractivity contribution in [1.82, 2.24) is 10.6 Å². The Labute approximate surface area is 149 Å². The van der Waals surface area contributed by atoms with Crippen LogP contribution in [0.4, 0.5) is 0 Å². The quantitative estimate of drug-likeness (QED) is 0.638. The van der Waals surface area contributed by atoms with Crippen LogP contribution in [0.5, 0.6) is 0 Å². The summed E-state index contributed by atoms with van der Waals surface area (Å²) in [7, 11) is 0. The normalized spacial score (nSPS) is 13.2. The van der Waals surface area contributed by atoms with Gasteiger partial charge in [-0.15, -0.1) is 0 Å². The van der Waals surface area contributed by atoms with Crippen LogP contribution in [-0.4, -0.2) is 35.5 Å². The molecular formula is C19H28N2O4. The van der Waals surface area contributed by atoms with E-state index in [0.29, 0.717) is 12.0 Å². The Hall–Kier alpha value is -2.37. The molecule has 0 bridgehead atoms. The van der Waals surface area contributed by atoms with E-state index in [9.17, 15) is 14.4 Å². The number of hydrogen-bond donors (Lipinski definition) is 3. The lowest BCUT2D eigenvalue weighted by Gasteiger charge is -2.23. The predicted octanol–water partition coefficient (Wildman–Crippen LogP) is 2.37. The van der Waals surface area contributed by atoms with Crippen molar-refractivity contribution in [2.75, 3.05) is 6.54 Å². The molecule has 1 rings (SSSR count). The van der Waals surface area contributed by atoms with E-state index in [2.05, 4.69) is 10.6 Å². The van der Waals surface area contributed by atoms with Gasteiger partial charge >= 0.3 is 5.97 Å². The van der Waals surface area contributed by atoms with E-state index in [1.807, 2.05) is 39.8 Å². The van der Waals surface area contributed by atoms with Gasteiger partial charge in [0.15, 0.2) is 0 Å². The molecule has 25 heavy (non-hydrogen) atoms. The van der Waals surface area contributed by atoms with Gasteiger partial charge in [0.2, 0.25) is 5.91 Å². The highest BCUT2D eigenvalue weighted by molar-refractivity contribution is 5.98. The number of aryl methyl sites for hydroxylation is 1. The molecule has 2 unspecified atom stereocenters. The highest BCUT2D eigenvalue weighted by Crippen LogP contribution is 2.10. The molecule has 0 saturated heterocycles. The van der Waals surface area contributed by atoms with Crippen molar-refractivity contribution in [3.63, 3.8) is 0 Å². The first-order valence-electron chi connectivity index (χ1n) is 8.64. The van der Waals surface area contributed by atoms with E-state index in [-0.39, 0.29) is 24.3 Å². The maximum absolute atomic E-state index is 12.4. The highest BCUT2D eigenvalue weighted by Gasteiger charge is 2.26. The zero-order valence-corrected chi connectivity index (χ0v) is 15.3. The number of rotatable bonds is 9. The summed E-state index contributed by atoms with van der Waals surface area (Å²) in [5, 5.41) is 14.6. The van der Waals surface area contributed by atoms with Crippen molar-refractivity contribution in [2.45, 2.75) is 46.6 Å². The summed E-state index contributed by atoms with van der Waals surface area (Å²) >= 11 is 0. The maximum Gasteiger partial charge on any atom is 0.308 e. The molecule has 1 aromatic carbocycles. The van der Waals surface area contributed by atoms with E-state index >= 15 is 0 Å². The summed E-state index contributed by atoms with van der Waals surface area (Å²) in [6, 6.07) is 6.44. The van der Waals surface area contributed by atoms with Gasteiger partial charge in [-0.3, -0.25) is 14.4 Å². The summed E-state index contributed by atoms with van der Waals surface area (Å²) in [5.41, 5.74) is 1.35. The molecule has 0 spiro atoms. The number of aliphatic carboxylic acids is 1. The summed E-state index contributed by atoms with van der Waals surface area (Å²) in [5.74, 6) is -2.34. The zero-order valence-electron chi connectivity index (χ0n) is 15.3. The Morgan fingerprint density at radius 3 is 2.32 bits per heavy atom. The lowest BCUT2D eigenvalue weighted by atomic mass is 10.0. The second kappa shape index (κ2) is 9.81. The van der Waals surface area contributed by atoms with Crippen molar-refractivity contribution < 1.29 is 19.5 Å². The summed E-state index contributed by atoms with van der Waals surface area (Å²) in [6.45, 7) is 7.47. The van der Waals surface area contributed by atoms with Crippen molar-refractivity contribution >= 4 is 17.8 Å². The number of carboxylic acid groups (broad SMARTS) is 1. The molecule has 0 radical (unpaired) electrons. The fraction of sp³-hybridized carbons (Fsp3) is 0.526. The van der Waals surface area contributed by atoms with E-state index in [1.165, 1.54) is 0 Å². The highest BCUT2D eigenvalue weighted by atomic mass is 16.4. The molecule has 0 saturated carbocycles. The standard InChI is InChI=1S/C19H28N2O4/c1-5-8-14(19(24)25)11-20-18(23)16(12(2)3)21-17(22)15-10-7-6-9-13(15)4/h6-7,9-10,12,14,16H,5,8,11H2,1-4H3,(H,20,23)(H,21,22)(H,24,25). The molecule has 2 amide bonds. The monoisotopic (exact) mass is 348 g/mol. The van der Waals surface area contributed by atoms with Crippen LogP contribution in [0.3, 0.4) is 0 Å². The summed E-state index contributed by atoms with van der Waals surface area (Å²) < 4.78 is 0. The predicted molar refractivity (Wildman–Crippen MR) is 96.3 cm³/mol. The average molecular weight is 348 g/mol. The number of carbonyl (C=O) groups excluding carboxylic acids is 2. The Morgan fingerprint density at radius 1 is 1.16 bits per heavy atom. The first kappa shape index (κ1) is 20.7. The topological polar surface area (TPSA) is 95.5 Å². The first-order chi connectivity index (χ1) is 11.8. The van der Waals surface area contributed by atoms with Crippen LogP contribution >= 0.6 is 0 Å². The molecule has 2 atom stereocenters. The van der Waals surface area contributed by atoms with Crippen molar-refractivity contribution in [3.8, 4) is 0 Å². The summed E-state index contributed by atoms with van der Waals surface area (Å²) in [4.78, 5) is 36.1. The third-order valence-corrected chi connectivity index (χ3v) is 4.13. The van der Waals surface area contributed by atoms with E-state index in [4.69, 9.17) is 5.11 Å². The van der Waals surface area contributed by atoms with Crippen LogP contribution in [-0.2, 0) is 9.59 Å². The Bertz CT molecular complexity index is 613. The minimum Gasteiger partial charge on any atom is -0.481 e. The van der Waals surface area contributed by atoms with Crippen LogP contribution in [0.15, 0.2) is 24.3 Å². The number of amides is 2. The fourth-order valence-corrected chi connectivity index (χ4v) is 2.58.